The van der Waals surface area contributed by atoms with E-state index in [1.807, 2.05) is 7.05 Å². The Morgan fingerprint density at radius 1 is 1.00 bits per heavy atom. The van der Waals surface area contributed by atoms with E-state index in [9.17, 15) is 0 Å². The number of benzene rings is 1. The fourth-order valence-corrected chi connectivity index (χ4v) is 3.09. The van der Waals surface area contributed by atoms with Gasteiger partial charge in [-0.2, -0.15) is 0 Å². The van der Waals surface area contributed by atoms with Gasteiger partial charge in [0.1, 0.15) is 0 Å². The molecular weight excluding hydrogens is 246 g/mol. The van der Waals surface area contributed by atoms with Gasteiger partial charge in [-0.1, -0.05) is 44.2 Å². The van der Waals surface area contributed by atoms with E-state index in [0.29, 0.717) is 5.41 Å². The van der Waals surface area contributed by atoms with Gasteiger partial charge in [-0.25, -0.2) is 0 Å². The molecule has 1 aliphatic rings. The molecule has 2 rings (SSSR count). The molecule has 1 heterocycles. The van der Waals surface area contributed by atoms with Crippen LogP contribution in [-0.4, -0.2) is 56.1 Å². The molecule has 0 aliphatic carbocycles. The van der Waals surface area contributed by atoms with Crippen LogP contribution >= 0.6 is 0 Å². The van der Waals surface area contributed by atoms with E-state index in [1.165, 1.54) is 38.3 Å². The maximum absolute atomic E-state index is 3.30. The minimum atomic E-state index is 0.357. The van der Waals surface area contributed by atoms with Gasteiger partial charge >= 0.3 is 0 Å². The molecule has 0 saturated carbocycles. The monoisotopic (exact) mass is 275 g/mol. The standard InChI is InChI=1S/C17H29N3/c1-17(2,14-18-3)15-20-11-9-19(10-12-20)13-16-7-5-4-6-8-16/h4-8,18H,9-15H2,1-3H3. The summed E-state index contributed by atoms with van der Waals surface area (Å²) in [6, 6.07) is 10.8. The van der Waals surface area contributed by atoms with E-state index in [-0.39, 0.29) is 0 Å². The summed E-state index contributed by atoms with van der Waals surface area (Å²) in [5.41, 5.74) is 1.78. The van der Waals surface area contributed by atoms with E-state index in [4.69, 9.17) is 0 Å². The molecule has 0 unspecified atom stereocenters. The smallest absolute Gasteiger partial charge is 0.0234 e. The molecular formula is C17H29N3. The van der Waals surface area contributed by atoms with Crippen molar-refractivity contribution < 1.29 is 0 Å². The van der Waals surface area contributed by atoms with Gasteiger partial charge < -0.3 is 10.2 Å². The highest BCUT2D eigenvalue weighted by atomic mass is 15.3. The van der Waals surface area contributed by atoms with Crippen LogP contribution in [0, 0.1) is 5.41 Å². The van der Waals surface area contributed by atoms with Gasteiger partial charge in [-0.3, -0.25) is 4.90 Å². The summed E-state index contributed by atoms with van der Waals surface area (Å²) in [4.78, 5) is 5.18. The Morgan fingerprint density at radius 2 is 1.60 bits per heavy atom. The molecule has 1 aromatic rings. The van der Waals surface area contributed by atoms with Gasteiger partial charge in [0.2, 0.25) is 0 Å². The summed E-state index contributed by atoms with van der Waals surface area (Å²) in [6.45, 7) is 12.8. The zero-order valence-corrected chi connectivity index (χ0v) is 13.2. The molecule has 0 amide bonds. The average molecular weight is 275 g/mol. The quantitative estimate of drug-likeness (QED) is 0.857. The van der Waals surface area contributed by atoms with Crippen LogP contribution in [0.2, 0.25) is 0 Å². The largest absolute Gasteiger partial charge is 0.319 e. The normalized spacial score (nSPS) is 18.4. The fourth-order valence-electron chi connectivity index (χ4n) is 3.09. The number of hydrogen-bond acceptors (Lipinski definition) is 3. The predicted molar refractivity (Wildman–Crippen MR) is 85.9 cm³/mol. The lowest BCUT2D eigenvalue weighted by Crippen LogP contribution is -2.49. The fraction of sp³-hybridized carbons (Fsp3) is 0.647. The summed E-state index contributed by atoms with van der Waals surface area (Å²) in [5, 5.41) is 3.30. The second kappa shape index (κ2) is 7.21. The second-order valence-corrected chi connectivity index (χ2v) is 6.73. The minimum Gasteiger partial charge on any atom is -0.319 e. The van der Waals surface area contributed by atoms with Crippen LogP contribution in [0.25, 0.3) is 0 Å². The molecule has 0 spiro atoms. The summed E-state index contributed by atoms with van der Waals surface area (Å²) >= 11 is 0. The molecule has 0 aromatic heterocycles. The molecule has 20 heavy (non-hydrogen) atoms. The van der Waals surface area contributed by atoms with E-state index < -0.39 is 0 Å². The molecule has 1 aromatic carbocycles. The highest BCUT2D eigenvalue weighted by molar-refractivity contribution is 5.14. The van der Waals surface area contributed by atoms with Crippen molar-refractivity contribution in [2.45, 2.75) is 20.4 Å². The number of hydrogen-bond donors (Lipinski definition) is 1. The predicted octanol–water partition coefficient (Wildman–Crippen LogP) is 2.05. The van der Waals surface area contributed by atoms with Gasteiger partial charge in [-0.15, -0.1) is 0 Å². The second-order valence-electron chi connectivity index (χ2n) is 6.73. The van der Waals surface area contributed by atoms with Crippen LogP contribution in [0.1, 0.15) is 19.4 Å². The summed E-state index contributed by atoms with van der Waals surface area (Å²) in [7, 11) is 2.04. The summed E-state index contributed by atoms with van der Waals surface area (Å²) in [5.74, 6) is 0. The molecule has 3 nitrogen and oxygen atoms in total. The van der Waals surface area contributed by atoms with Crippen LogP contribution in [0.3, 0.4) is 0 Å². The van der Waals surface area contributed by atoms with E-state index in [1.54, 1.807) is 0 Å². The highest BCUT2D eigenvalue weighted by Gasteiger charge is 2.24. The van der Waals surface area contributed by atoms with Gasteiger partial charge in [0, 0.05) is 45.8 Å². The van der Waals surface area contributed by atoms with Crippen LogP contribution < -0.4 is 5.32 Å². The zero-order valence-electron chi connectivity index (χ0n) is 13.2. The third-order valence-corrected chi connectivity index (χ3v) is 4.02. The number of piperazine rings is 1. The van der Waals surface area contributed by atoms with Gasteiger partial charge in [0.15, 0.2) is 0 Å². The molecule has 112 valence electrons. The highest BCUT2D eigenvalue weighted by Crippen LogP contribution is 2.17. The van der Waals surface area contributed by atoms with Crippen LogP contribution in [0.5, 0.6) is 0 Å². The zero-order chi connectivity index (χ0) is 14.4. The Bertz CT molecular complexity index is 380. The third kappa shape index (κ3) is 4.89. The number of nitrogens with one attached hydrogen (secondary N) is 1. The third-order valence-electron chi connectivity index (χ3n) is 4.02. The maximum atomic E-state index is 3.30. The Kier molecular flexibility index (Phi) is 5.58. The van der Waals surface area contributed by atoms with Crippen molar-refractivity contribution in [1.82, 2.24) is 15.1 Å². The van der Waals surface area contributed by atoms with Gasteiger partial charge in [0.05, 0.1) is 0 Å². The van der Waals surface area contributed by atoms with Gasteiger partial charge in [-0.05, 0) is 18.0 Å². The molecule has 1 saturated heterocycles. The van der Waals surface area contributed by atoms with Crippen LogP contribution in [0.15, 0.2) is 30.3 Å². The lowest BCUT2D eigenvalue weighted by Gasteiger charge is -2.39. The molecule has 3 heteroatoms. The molecule has 1 aliphatic heterocycles. The van der Waals surface area contributed by atoms with Crippen molar-refractivity contribution in [2.24, 2.45) is 5.41 Å². The van der Waals surface area contributed by atoms with Crippen LogP contribution in [0.4, 0.5) is 0 Å². The topological polar surface area (TPSA) is 18.5 Å². The number of nitrogens with zero attached hydrogens (tertiary/aromatic N) is 2. The Morgan fingerprint density at radius 3 is 2.20 bits per heavy atom. The van der Waals surface area contributed by atoms with Crippen molar-refractivity contribution in [1.29, 1.82) is 0 Å². The van der Waals surface area contributed by atoms with Crippen molar-refractivity contribution in [3.63, 3.8) is 0 Å². The molecule has 0 radical (unpaired) electrons. The lowest BCUT2D eigenvalue weighted by atomic mass is 9.92. The first-order chi connectivity index (χ1) is 9.59. The minimum absolute atomic E-state index is 0.357. The van der Waals surface area contributed by atoms with Crippen molar-refractivity contribution in [3.05, 3.63) is 35.9 Å². The molecule has 0 bridgehead atoms. The van der Waals surface area contributed by atoms with E-state index in [0.717, 1.165) is 13.1 Å². The maximum Gasteiger partial charge on any atom is 0.0234 e. The number of rotatable bonds is 6. The van der Waals surface area contributed by atoms with Crippen molar-refractivity contribution in [2.75, 3.05) is 46.3 Å². The summed E-state index contributed by atoms with van der Waals surface area (Å²) in [6.07, 6.45) is 0. The van der Waals surface area contributed by atoms with E-state index in [2.05, 4.69) is 59.3 Å². The molecule has 1 N–H and O–H groups in total. The van der Waals surface area contributed by atoms with E-state index >= 15 is 0 Å². The first-order valence-corrected chi connectivity index (χ1v) is 7.72. The Labute approximate surface area is 124 Å². The summed E-state index contributed by atoms with van der Waals surface area (Å²) < 4.78 is 0. The Balaban J connectivity index is 1.75. The first kappa shape index (κ1) is 15.5. The SMILES string of the molecule is CNCC(C)(C)CN1CCN(Cc2ccccc2)CC1. The Hall–Kier alpha value is -0.900. The van der Waals surface area contributed by atoms with Gasteiger partial charge in [0.25, 0.3) is 0 Å². The molecule has 0 atom stereocenters. The van der Waals surface area contributed by atoms with Crippen molar-refractivity contribution >= 4 is 0 Å². The van der Waals surface area contributed by atoms with Crippen LogP contribution in [-0.2, 0) is 6.54 Å². The lowest BCUT2D eigenvalue weighted by molar-refractivity contribution is 0.0932. The first-order valence-electron chi connectivity index (χ1n) is 7.72. The van der Waals surface area contributed by atoms with Crippen molar-refractivity contribution in [3.8, 4) is 0 Å². The molecule has 1 fully saturated rings. The average Bonchev–Trinajstić information content (AvgIpc) is 2.42.